The minimum atomic E-state index is -0.219. The number of carbonyl (C=O) groups is 1. The van der Waals surface area contributed by atoms with Crippen LogP contribution in [0.2, 0.25) is 5.02 Å². The van der Waals surface area contributed by atoms with Crippen molar-refractivity contribution in [2.24, 2.45) is 10.7 Å². The Morgan fingerprint density at radius 3 is 2.83 bits per heavy atom. The van der Waals surface area contributed by atoms with Crippen molar-refractivity contribution >= 4 is 40.6 Å². The molecule has 0 unspecified atom stereocenters. The Kier molecular flexibility index (Phi) is 5.95. The van der Waals surface area contributed by atoms with Crippen LogP contribution in [0.1, 0.15) is 23.7 Å². The summed E-state index contributed by atoms with van der Waals surface area (Å²) >= 11 is 11.5. The summed E-state index contributed by atoms with van der Waals surface area (Å²) in [4.78, 5) is 15.9. The molecule has 0 aliphatic carbocycles. The summed E-state index contributed by atoms with van der Waals surface area (Å²) in [7, 11) is 0. The molecule has 1 aromatic rings. The van der Waals surface area contributed by atoms with Gasteiger partial charge in [0.05, 0.1) is 22.2 Å². The van der Waals surface area contributed by atoms with Crippen LogP contribution in [0.5, 0.6) is 0 Å². The van der Waals surface area contributed by atoms with Gasteiger partial charge in [0.2, 0.25) is 0 Å². The van der Waals surface area contributed by atoms with Gasteiger partial charge in [-0.1, -0.05) is 18.5 Å². The molecule has 0 saturated carbocycles. The van der Waals surface area contributed by atoms with Gasteiger partial charge in [0.1, 0.15) is 5.84 Å². The number of alkyl halides is 1. The average molecular weight is 288 g/mol. The molecule has 18 heavy (non-hydrogen) atoms. The van der Waals surface area contributed by atoms with E-state index >= 15 is 0 Å². The van der Waals surface area contributed by atoms with Gasteiger partial charge >= 0.3 is 0 Å². The Balaban J connectivity index is 2.97. The number of nitrogens with zero attached hydrogens (tertiary/aromatic N) is 1. The zero-order chi connectivity index (χ0) is 13.5. The second-order valence-corrected chi connectivity index (χ2v) is 4.33. The van der Waals surface area contributed by atoms with Crippen LogP contribution in [0.4, 0.5) is 5.69 Å². The number of amides is 1. The molecule has 1 amide bonds. The van der Waals surface area contributed by atoms with E-state index in [0.717, 1.165) is 6.42 Å². The van der Waals surface area contributed by atoms with Crippen LogP contribution in [0.25, 0.3) is 0 Å². The Morgan fingerprint density at radius 1 is 1.50 bits per heavy atom. The van der Waals surface area contributed by atoms with E-state index in [1.165, 1.54) is 0 Å². The third-order valence-electron chi connectivity index (χ3n) is 2.14. The van der Waals surface area contributed by atoms with Crippen molar-refractivity contribution in [1.82, 2.24) is 5.32 Å². The van der Waals surface area contributed by atoms with Crippen molar-refractivity contribution in [3.63, 3.8) is 0 Å². The Bertz CT molecular complexity index is 461. The molecule has 0 aliphatic heterocycles. The summed E-state index contributed by atoms with van der Waals surface area (Å²) in [5.74, 6) is 0.210. The molecule has 6 heteroatoms. The Labute approximate surface area is 116 Å². The minimum absolute atomic E-state index is 0.139. The number of hydrogen-bond acceptors (Lipinski definition) is 2. The topological polar surface area (TPSA) is 67.5 Å². The van der Waals surface area contributed by atoms with Crippen LogP contribution in [0, 0.1) is 0 Å². The van der Waals surface area contributed by atoms with E-state index in [0.29, 0.717) is 28.7 Å². The van der Waals surface area contributed by atoms with E-state index in [2.05, 4.69) is 10.3 Å². The zero-order valence-electron chi connectivity index (χ0n) is 10.0. The quantitative estimate of drug-likeness (QED) is 0.497. The fourth-order valence-electron chi connectivity index (χ4n) is 1.29. The summed E-state index contributed by atoms with van der Waals surface area (Å²) in [5.41, 5.74) is 6.47. The minimum Gasteiger partial charge on any atom is -0.386 e. The molecule has 0 bridgehead atoms. The number of nitrogens with two attached hydrogens (primary N) is 1. The van der Waals surface area contributed by atoms with E-state index in [9.17, 15) is 4.79 Å². The van der Waals surface area contributed by atoms with Gasteiger partial charge in [0.25, 0.3) is 5.91 Å². The van der Waals surface area contributed by atoms with Crippen molar-refractivity contribution < 1.29 is 4.79 Å². The molecular weight excluding hydrogens is 273 g/mol. The molecule has 0 fully saturated rings. The second kappa shape index (κ2) is 7.24. The van der Waals surface area contributed by atoms with Crippen molar-refractivity contribution in [2.45, 2.75) is 13.3 Å². The molecule has 0 spiro atoms. The maximum absolute atomic E-state index is 11.8. The van der Waals surface area contributed by atoms with Crippen molar-refractivity contribution in [3.05, 3.63) is 28.8 Å². The van der Waals surface area contributed by atoms with Gasteiger partial charge in [0, 0.05) is 6.54 Å². The fraction of sp³-hybridized carbons (Fsp3) is 0.333. The van der Waals surface area contributed by atoms with Crippen LogP contribution in [0.3, 0.4) is 0 Å². The summed E-state index contributed by atoms with van der Waals surface area (Å²) in [6.45, 7) is 2.58. The van der Waals surface area contributed by atoms with E-state index in [4.69, 9.17) is 28.9 Å². The number of benzene rings is 1. The third-order valence-corrected chi connectivity index (χ3v) is 2.74. The van der Waals surface area contributed by atoms with Crippen molar-refractivity contribution in [1.29, 1.82) is 0 Å². The smallest absolute Gasteiger partial charge is 0.252 e. The van der Waals surface area contributed by atoms with Crippen LogP contribution in [-0.2, 0) is 0 Å². The number of amidine groups is 1. The molecule has 0 saturated heterocycles. The van der Waals surface area contributed by atoms with Gasteiger partial charge in [-0.05, 0) is 24.6 Å². The van der Waals surface area contributed by atoms with Gasteiger partial charge in [0.15, 0.2) is 0 Å². The maximum atomic E-state index is 11.8. The van der Waals surface area contributed by atoms with Crippen molar-refractivity contribution in [3.8, 4) is 0 Å². The Morgan fingerprint density at radius 2 is 2.22 bits per heavy atom. The lowest BCUT2D eigenvalue weighted by Crippen LogP contribution is -2.24. The molecule has 3 N–H and O–H groups in total. The van der Waals surface area contributed by atoms with Crippen LogP contribution in [-0.4, -0.2) is 24.2 Å². The van der Waals surface area contributed by atoms with Crippen LogP contribution < -0.4 is 11.1 Å². The lowest BCUT2D eigenvalue weighted by Gasteiger charge is -2.06. The first-order chi connectivity index (χ1) is 8.58. The highest BCUT2D eigenvalue weighted by Gasteiger charge is 2.10. The highest BCUT2D eigenvalue weighted by Crippen LogP contribution is 2.22. The predicted octanol–water partition coefficient (Wildman–Crippen LogP) is 2.71. The fourth-order valence-corrected chi connectivity index (χ4v) is 1.55. The molecule has 0 aliphatic rings. The molecule has 98 valence electrons. The zero-order valence-corrected chi connectivity index (χ0v) is 11.6. The predicted molar refractivity (Wildman–Crippen MR) is 76.1 cm³/mol. The summed E-state index contributed by atoms with van der Waals surface area (Å²) < 4.78 is 0. The molecule has 1 aromatic carbocycles. The first kappa shape index (κ1) is 14.8. The number of halogens is 2. The monoisotopic (exact) mass is 287 g/mol. The molecular formula is C12H15Cl2N3O. The van der Waals surface area contributed by atoms with Crippen molar-refractivity contribution in [2.75, 3.05) is 12.4 Å². The van der Waals surface area contributed by atoms with Gasteiger partial charge in [-0.25, -0.2) is 4.99 Å². The number of nitrogens with one attached hydrogen (secondary N) is 1. The summed E-state index contributed by atoms with van der Waals surface area (Å²) in [6, 6.07) is 4.88. The van der Waals surface area contributed by atoms with Crippen LogP contribution in [0.15, 0.2) is 23.2 Å². The number of hydrogen-bond donors (Lipinski definition) is 2. The van der Waals surface area contributed by atoms with Crippen LogP contribution >= 0.6 is 23.2 Å². The van der Waals surface area contributed by atoms with E-state index in [1.807, 2.05) is 6.92 Å². The van der Waals surface area contributed by atoms with E-state index in [-0.39, 0.29) is 11.8 Å². The Hall–Kier alpha value is -1.26. The molecule has 0 aromatic heterocycles. The standard InChI is InChI=1S/C12H15Cl2N3O/c1-2-5-16-12(18)9-6-8(3-4-10(9)14)17-11(15)7-13/h3-4,6H,2,5,7H2,1H3,(H2,15,17)(H,16,18). The first-order valence-electron chi connectivity index (χ1n) is 5.55. The highest BCUT2D eigenvalue weighted by molar-refractivity contribution is 6.34. The average Bonchev–Trinajstić information content (AvgIpc) is 2.38. The van der Waals surface area contributed by atoms with Gasteiger partial charge < -0.3 is 11.1 Å². The summed E-state index contributed by atoms with van der Waals surface area (Å²) in [6.07, 6.45) is 0.862. The number of rotatable bonds is 5. The van der Waals surface area contributed by atoms with Gasteiger partial charge in [-0.15, -0.1) is 11.6 Å². The largest absolute Gasteiger partial charge is 0.386 e. The first-order valence-corrected chi connectivity index (χ1v) is 6.46. The molecule has 1 rings (SSSR count). The molecule has 0 heterocycles. The van der Waals surface area contributed by atoms with Gasteiger partial charge in [-0.2, -0.15) is 0 Å². The number of aliphatic imine (C=N–C) groups is 1. The third kappa shape index (κ3) is 4.20. The second-order valence-electron chi connectivity index (χ2n) is 3.66. The maximum Gasteiger partial charge on any atom is 0.252 e. The lowest BCUT2D eigenvalue weighted by molar-refractivity contribution is 0.0954. The van der Waals surface area contributed by atoms with Gasteiger partial charge in [-0.3, -0.25) is 4.79 Å². The number of carbonyl (C=O) groups excluding carboxylic acids is 1. The molecule has 0 atom stereocenters. The molecule has 4 nitrogen and oxygen atoms in total. The van der Waals surface area contributed by atoms with E-state index < -0.39 is 0 Å². The summed E-state index contributed by atoms with van der Waals surface area (Å²) in [5, 5.41) is 3.14. The molecule has 0 radical (unpaired) electrons. The lowest BCUT2D eigenvalue weighted by atomic mass is 10.2. The SMILES string of the molecule is CCCNC(=O)c1cc(N=C(N)CCl)ccc1Cl. The normalized spacial score (nSPS) is 11.4. The van der Waals surface area contributed by atoms with E-state index in [1.54, 1.807) is 18.2 Å². The highest BCUT2D eigenvalue weighted by atomic mass is 35.5.